The highest BCUT2D eigenvalue weighted by Gasteiger charge is 2.14. The second kappa shape index (κ2) is 14.5. The van der Waals surface area contributed by atoms with Crippen molar-refractivity contribution in [1.29, 1.82) is 0 Å². The third kappa shape index (κ3) is 7.92. The number of halogens is 1. The molecule has 0 radical (unpaired) electrons. The number of benzene rings is 4. The molecule has 0 saturated heterocycles. The molecular formula is C35H29ClN10O3. The Hall–Kier alpha value is -6.47. The first-order valence-electron chi connectivity index (χ1n) is 15.0. The van der Waals surface area contributed by atoms with E-state index in [0.29, 0.717) is 57.2 Å². The zero-order chi connectivity index (χ0) is 34.3. The zero-order valence-corrected chi connectivity index (χ0v) is 26.8. The van der Waals surface area contributed by atoms with Gasteiger partial charge in [0.2, 0.25) is 11.9 Å². The quantitative estimate of drug-likeness (QED) is 0.130. The van der Waals surface area contributed by atoms with Crippen molar-refractivity contribution in [3.05, 3.63) is 125 Å². The Morgan fingerprint density at radius 1 is 0.653 bits per heavy atom. The number of ether oxygens (including phenoxy) is 1. The SMILES string of the molecule is COc1ccc(C(=O)N/C(N)=N/c2nc(CCc3nc(/N=C(\N)NC(=O)c4ccc(Cl)cc4)nc4ccccc34)c3ccccc3n2)cc1. The Morgan fingerprint density at radius 2 is 1.08 bits per heavy atom. The van der Waals surface area contributed by atoms with Crippen LogP contribution in [-0.4, -0.2) is 50.8 Å². The topological polar surface area (TPSA) is 196 Å². The molecule has 49 heavy (non-hydrogen) atoms. The van der Waals surface area contributed by atoms with Gasteiger partial charge in [0.25, 0.3) is 23.7 Å². The number of nitrogens with one attached hydrogen (secondary N) is 2. The predicted molar refractivity (Wildman–Crippen MR) is 188 cm³/mol. The molecule has 0 aliphatic heterocycles. The molecule has 13 nitrogen and oxygen atoms in total. The molecule has 0 fully saturated rings. The summed E-state index contributed by atoms with van der Waals surface area (Å²) in [6, 6.07) is 28.0. The van der Waals surface area contributed by atoms with E-state index < -0.39 is 11.8 Å². The molecular weight excluding hydrogens is 644 g/mol. The van der Waals surface area contributed by atoms with E-state index in [2.05, 4.69) is 40.6 Å². The maximum Gasteiger partial charge on any atom is 0.257 e. The van der Waals surface area contributed by atoms with E-state index >= 15 is 0 Å². The van der Waals surface area contributed by atoms with E-state index in [4.69, 9.17) is 27.8 Å². The maximum atomic E-state index is 12.7. The predicted octanol–water partition coefficient (Wildman–Crippen LogP) is 4.77. The molecule has 2 aromatic heterocycles. The number of carbonyl (C=O) groups is 2. The summed E-state index contributed by atoms with van der Waals surface area (Å²) in [7, 11) is 1.55. The first-order chi connectivity index (χ1) is 23.7. The van der Waals surface area contributed by atoms with Gasteiger partial charge in [0.1, 0.15) is 5.75 Å². The molecule has 244 valence electrons. The van der Waals surface area contributed by atoms with E-state index in [0.717, 1.165) is 10.8 Å². The lowest BCUT2D eigenvalue weighted by atomic mass is 10.1. The normalized spacial score (nSPS) is 11.8. The van der Waals surface area contributed by atoms with Crippen molar-refractivity contribution in [3.8, 4) is 5.75 Å². The van der Waals surface area contributed by atoms with Crippen molar-refractivity contribution in [3.63, 3.8) is 0 Å². The van der Waals surface area contributed by atoms with Crippen LogP contribution in [-0.2, 0) is 12.8 Å². The van der Waals surface area contributed by atoms with Crippen LogP contribution in [0.4, 0.5) is 11.9 Å². The van der Waals surface area contributed by atoms with Crippen LogP contribution in [0.1, 0.15) is 32.1 Å². The molecule has 6 rings (SSSR count). The minimum Gasteiger partial charge on any atom is -0.497 e. The fourth-order valence-electron chi connectivity index (χ4n) is 4.97. The van der Waals surface area contributed by atoms with Gasteiger partial charge in [-0.2, -0.15) is 9.98 Å². The number of carbonyl (C=O) groups excluding carboxylic acids is 2. The molecule has 0 bridgehead atoms. The third-order valence-corrected chi connectivity index (χ3v) is 7.57. The van der Waals surface area contributed by atoms with Crippen molar-refractivity contribution in [2.45, 2.75) is 12.8 Å². The summed E-state index contributed by atoms with van der Waals surface area (Å²) in [5.74, 6) is -0.423. The molecule has 2 amide bonds. The number of nitrogens with zero attached hydrogens (tertiary/aromatic N) is 6. The largest absolute Gasteiger partial charge is 0.497 e. The molecule has 6 N–H and O–H groups in total. The summed E-state index contributed by atoms with van der Waals surface area (Å²) in [5.41, 5.74) is 15.6. The van der Waals surface area contributed by atoms with Crippen molar-refractivity contribution in [2.75, 3.05) is 7.11 Å². The fourth-order valence-corrected chi connectivity index (χ4v) is 5.09. The van der Waals surface area contributed by atoms with Crippen molar-refractivity contribution >= 4 is 69.0 Å². The van der Waals surface area contributed by atoms with Crippen molar-refractivity contribution in [2.24, 2.45) is 21.5 Å². The number of amides is 2. The Kier molecular flexibility index (Phi) is 9.63. The van der Waals surface area contributed by atoms with Gasteiger partial charge in [-0.15, -0.1) is 0 Å². The van der Waals surface area contributed by atoms with Crippen LogP contribution in [0.25, 0.3) is 21.8 Å². The first-order valence-corrected chi connectivity index (χ1v) is 15.4. The molecule has 4 aromatic carbocycles. The molecule has 14 heteroatoms. The van der Waals surface area contributed by atoms with Crippen molar-refractivity contribution in [1.82, 2.24) is 30.6 Å². The van der Waals surface area contributed by atoms with Gasteiger partial charge in [-0.25, -0.2) is 19.9 Å². The van der Waals surface area contributed by atoms with Crippen LogP contribution in [0.5, 0.6) is 5.75 Å². The van der Waals surface area contributed by atoms with Gasteiger partial charge in [-0.3, -0.25) is 20.2 Å². The Morgan fingerprint density at radius 3 is 1.53 bits per heavy atom. The zero-order valence-electron chi connectivity index (χ0n) is 26.1. The molecule has 6 aromatic rings. The highest BCUT2D eigenvalue weighted by molar-refractivity contribution is 6.30. The molecule has 0 spiro atoms. The van der Waals surface area contributed by atoms with Gasteiger partial charge in [0.15, 0.2) is 0 Å². The number of aliphatic imine (C=N–C) groups is 2. The molecule has 0 aliphatic rings. The lowest BCUT2D eigenvalue weighted by Crippen LogP contribution is -2.36. The highest BCUT2D eigenvalue weighted by atomic mass is 35.5. The lowest BCUT2D eigenvalue weighted by Gasteiger charge is -2.10. The average molecular weight is 673 g/mol. The van der Waals surface area contributed by atoms with E-state index in [1.165, 1.54) is 0 Å². The number of hydrogen-bond acceptors (Lipinski definition) is 9. The Labute approximate surface area is 285 Å². The average Bonchev–Trinajstić information content (AvgIpc) is 3.10. The Balaban J connectivity index is 1.25. The summed E-state index contributed by atoms with van der Waals surface area (Å²) in [5, 5.41) is 7.28. The molecule has 0 aliphatic carbocycles. The third-order valence-electron chi connectivity index (χ3n) is 7.32. The molecule has 2 heterocycles. The molecule has 0 unspecified atom stereocenters. The minimum absolute atomic E-state index is 0.0841. The monoisotopic (exact) mass is 672 g/mol. The molecule has 0 saturated carbocycles. The summed E-state index contributed by atoms with van der Waals surface area (Å²) in [4.78, 5) is 52.3. The van der Waals surface area contributed by atoms with Gasteiger partial charge in [-0.1, -0.05) is 48.0 Å². The van der Waals surface area contributed by atoms with Crippen molar-refractivity contribution < 1.29 is 14.3 Å². The van der Waals surface area contributed by atoms with Gasteiger partial charge in [0.05, 0.1) is 29.5 Å². The smallest absolute Gasteiger partial charge is 0.257 e. The van der Waals surface area contributed by atoms with Crippen LogP contribution < -0.4 is 26.8 Å². The number of methoxy groups -OCH3 is 1. The van der Waals surface area contributed by atoms with Crippen LogP contribution in [0.2, 0.25) is 5.02 Å². The standard InChI is InChI=1S/C35H29ClN10O3/c1-49-23-16-12-21(13-17-23)31(48)44-33(38)46-35-40-27-9-5-3-7-25(27)29(42-35)19-18-28-24-6-2-4-8-26(24)39-34(41-28)45-32(37)43-30(47)20-10-14-22(36)15-11-20/h2-17H,18-19H2,1H3,(H3,37,39,41,43,45,47)(H3,38,40,42,44,46,48). The van der Waals surface area contributed by atoms with E-state index in [1.54, 1.807) is 55.6 Å². The van der Waals surface area contributed by atoms with Crippen LogP contribution >= 0.6 is 11.6 Å². The number of fused-ring (bicyclic) bond motifs is 2. The fraction of sp³-hybridized carbons (Fsp3) is 0.0857. The number of hydrogen-bond donors (Lipinski definition) is 4. The second-order valence-electron chi connectivity index (χ2n) is 10.6. The van der Waals surface area contributed by atoms with Gasteiger partial charge >= 0.3 is 0 Å². The number of para-hydroxylation sites is 2. The van der Waals surface area contributed by atoms with E-state index in [1.807, 2.05) is 48.5 Å². The molecule has 0 atom stereocenters. The minimum atomic E-state index is -0.450. The lowest BCUT2D eigenvalue weighted by molar-refractivity contribution is 0.0968. The number of aromatic nitrogens is 4. The maximum absolute atomic E-state index is 12.7. The van der Waals surface area contributed by atoms with Crippen LogP contribution in [0.15, 0.2) is 107 Å². The second-order valence-corrected chi connectivity index (χ2v) is 11.0. The number of nitrogens with two attached hydrogens (primary N) is 2. The number of aryl methyl sites for hydroxylation is 2. The van der Waals surface area contributed by atoms with E-state index in [9.17, 15) is 9.59 Å². The highest BCUT2D eigenvalue weighted by Crippen LogP contribution is 2.24. The summed E-state index contributed by atoms with van der Waals surface area (Å²) in [6.45, 7) is 0. The first kappa shape index (κ1) is 32.5. The van der Waals surface area contributed by atoms with Crippen LogP contribution in [0, 0.1) is 0 Å². The number of rotatable bonds is 8. The van der Waals surface area contributed by atoms with Gasteiger partial charge in [0, 0.05) is 26.9 Å². The Bertz CT molecular complexity index is 2240. The number of guanidine groups is 2. The van der Waals surface area contributed by atoms with Gasteiger partial charge in [-0.05, 0) is 73.5 Å². The van der Waals surface area contributed by atoms with E-state index in [-0.39, 0.29) is 23.8 Å². The summed E-state index contributed by atoms with van der Waals surface area (Å²) in [6.07, 6.45) is 0.882. The summed E-state index contributed by atoms with van der Waals surface area (Å²) < 4.78 is 5.14. The van der Waals surface area contributed by atoms with Gasteiger partial charge < -0.3 is 16.2 Å². The summed E-state index contributed by atoms with van der Waals surface area (Å²) >= 11 is 5.92. The van der Waals surface area contributed by atoms with Crippen LogP contribution in [0.3, 0.4) is 0 Å².